The summed E-state index contributed by atoms with van der Waals surface area (Å²) in [5.41, 5.74) is 1.85. The molecule has 1 aliphatic heterocycles. The van der Waals surface area contributed by atoms with Crippen LogP contribution in [0.15, 0.2) is 43.0 Å². The van der Waals surface area contributed by atoms with E-state index in [4.69, 9.17) is 0 Å². The summed E-state index contributed by atoms with van der Waals surface area (Å²) < 4.78 is 30.2. The van der Waals surface area contributed by atoms with Crippen molar-refractivity contribution < 1.29 is 13.6 Å². The molecular formula is C26H23F2N5O. The minimum atomic E-state index is -0.874. The largest absolute Gasteiger partial charge is 0.369 e. The fraction of sp³-hybridized carbons (Fsp3) is 0.308. The number of aromatic amines is 1. The predicted octanol–water partition coefficient (Wildman–Crippen LogP) is 5.25. The number of benzene rings is 1. The molecule has 1 saturated heterocycles. The molecule has 2 fully saturated rings. The first-order valence-corrected chi connectivity index (χ1v) is 11.6. The van der Waals surface area contributed by atoms with Gasteiger partial charge in [0.1, 0.15) is 17.3 Å². The van der Waals surface area contributed by atoms with Gasteiger partial charge in [0.05, 0.1) is 11.3 Å². The molecule has 3 aromatic heterocycles. The molecule has 1 atom stereocenters. The number of carbonyl (C=O) groups is 1. The summed E-state index contributed by atoms with van der Waals surface area (Å²) in [6, 6.07) is 4.37. The van der Waals surface area contributed by atoms with Crippen LogP contribution in [0.1, 0.15) is 53.8 Å². The Morgan fingerprint density at radius 3 is 2.53 bits per heavy atom. The van der Waals surface area contributed by atoms with Crippen LogP contribution in [0.3, 0.4) is 0 Å². The van der Waals surface area contributed by atoms with Crippen molar-refractivity contribution >= 4 is 22.5 Å². The first kappa shape index (κ1) is 20.9. The fourth-order valence-corrected chi connectivity index (χ4v) is 4.67. The van der Waals surface area contributed by atoms with Crippen molar-refractivity contribution in [2.24, 2.45) is 5.92 Å². The van der Waals surface area contributed by atoms with E-state index in [2.05, 4.69) is 26.9 Å². The highest BCUT2D eigenvalue weighted by Gasteiger charge is 2.29. The van der Waals surface area contributed by atoms with Gasteiger partial charge in [-0.2, -0.15) is 0 Å². The van der Waals surface area contributed by atoms with Gasteiger partial charge >= 0.3 is 0 Å². The van der Waals surface area contributed by atoms with Crippen LogP contribution in [0.4, 0.5) is 14.5 Å². The van der Waals surface area contributed by atoms with Crippen molar-refractivity contribution in [1.29, 1.82) is 0 Å². The molecule has 172 valence electrons. The average Bonchev–Trinajstić information content (AvgIpc) is 3.47. The van der Waals surface area contributed by atoms with Crippen LogP contribution >= 0.6 is 0 Å². The molecule has 1 aliphatic carbocycles. The lowest BCUT2D eigenvalue weighted by molar-refractivity contribution is 0.103. The molecule has 1 saturated carbocycles. The maximum atomic E-state index is 15.5. The third-order valence-electron chi connectivity index (χ3n) is 6.79. The summed E-state index contributed by atoms with van der Waals surface area (Å²) in [7, 11) is 0. The normalized spacial score (nSPS) is 18.1. The smallest absolute Gasteiger partial charge is 0.201 e. The fourth-order valence-electron chi connectivity index (χ4n) is 4.67. The number of nitrogens with zero attached hydrogens (tertiary/aromatic N) is 4. The maximum Gasteiger partial charge on any atom is 0.201 e. The average molecular weight is 460 g/mol. The number of pyridine rings is 1. The molecule has 34 heavy (non-hydrogen) atoms. The number of halogens is 2. The standard InChI is InChI=1S/C26H23F2N5O/c1-14-6-7-33(13-14)21-5-4-20(27)22(23(21)28)24(34)19-12-32-26-18(19)8-16(9-31-26)17-10-29-25(30-11-17)15-2-3-15/h4-5,8-12,14-15H,2-3,6-7,13H2,1H3,(H,31,32)/t14-/m0/s1. The van der Waals surface area contributed by atoms with E-state index in [1.165, 1.54) is 18.3 Å². The third-order valence-corrected chi connectivity index (χ3v) is 6.79. The second-order valence-corrected chi connectivity index (χ2v) is 9.35. The Morgan fingerprint density at radius 2 is 1.82 bits per heavy atom. The second kappa shape index (κ2) is 7.97. The number of carbonyl (C=O) groups excluding carboxylic acids is 1. The van der Waals surface area contributed by atoms with Crippen molar-refractivity contribution in [1.82, 2.24) is 19.9 Å². The molecule has 2 aliphatic rings. The summed E-state index contributed by atoms with van der Waals surface area (Å²) in [4.78, 5) is 31.5. The Bertz CT molecular complexity index is 1410. The summed E-state index contributed by atoms with van der Waals surface area (Å²) in [6.45, 7) is 3.45. The number of H-pyrrole nitrogens is 1. The molecule has 1 aromatic carbocycles. The predicted molar refractivity (Wildman–Crippen MR) is 125 cm³/mol. The van der Waals surface area contributed by atoms with Crippen LogP contribution in [0.2, 0.25) is 0 Å². The lowest BCUT2D eigenvalue weighted by Crippen LogP contribution is -2.22. The number of ketones is 1. The zero-order valence-corrected chi connectivity index (χ0v) is 18.7. The molecule has 0 bridgehead atoms. The molecule has 6 rings (SSSR count). The van der Waals surface area contributed by atoms with E-state index in [1.807, 2.05) is 4.90 Å². The Morgan fingerprint density at radius 1 is 1.06 bits per heavy atom. The number of nitrogens with one attached hydrogen (secondary N) is 1. The molecule has 4 aromatic rings. The lowest BCUT2D eigenvalue weighted by atomic mass is 10.00. The molecule has 6 nitrogen and oxygen atoms in total. The number of hydrogen-bond donors (Lipinski definition) is 1. The quantitative estimate of drug-likeness (QED) is 0.413. The molecule has 0 spiro atoms. The van der Waals surface area contributed by atoms with E-state index in [0.29, 0.717) is 36.0 Å². The maximum absolute atomic E-state index is 15.5. The van der Waals surface area contributed by atoms with E-state index >= 15 is 4.39 Å². The Hall–Kier alpha value is -3.68. The topological polar surface area (TPSA) is 74.8 Å². The van der Waals surface area contributed by atoms with Crippen LogP contribution in [-0.4, -0.2) is 38.8 Å². The molecule has 0 unspecified atom stereocenters. The van der Waals surface area contributed by atoms with Gasteiger partial charge in [-0.05, 0) is 43.4 Å². The van der Waals surface area contributed by atoms with E-state index in [9.17, 15) is 9.18 Å². The lowest BCUT2D eigenvalue weighted by Gasteiger charge is -2.20. The molecule has 0 amide bonds. The van der Waals surface area contributed by atoms with Gasteiger partial charge in [0.25, 0.3) is 0 Å². The van der Waals surface area contributed by atoms with Crippen LogP contribution in [0, 0.1) is 17.6 Å². The summed E-state index contributed by atoms with van der Waals surface area (Å²) >= 11 is 0. The van der Waals surface area contributed by atoms with Crippen molar-refractivity contribution in [2.75, 3.05) is 18.0 Å². The summed E-state index contributed by atoms with van der Waals surface area (Å²) in [5, 5.41) is 0.493. The summed E-state index contributed by atoms with van der Waals surface area (Å²) in [6.07, 6.45) is 9.79. The van der Waals surface area contributed by atoms with Crippen molar-refractivity contribution in [2.45, 2.75) is 32.1 Å². The number of fused-ring (bicyclic) bond motifs is 1. The van der Waals surface area contributed by atoms with Crippen molar-refractivity contribution in [3.05, 3.63) is 71.6 Å². The van der Waals surface area contributed by atoms with Gasteiger partial charge in [-0.15, -0.1) is 0 Å². The SMILES string of the molecule is C[C@H]1CCN(c2ccc(F)c(C(=O)c3c[nH]c4ncc(-c5cnc(C6CC6)nc5)cc34)c2F)C1. The first-order valence-electron chi connectivity index (χ1n) is 11.6. The first-order chi connectivity index (χ1) is 16.5. The van der Waals surface area contributed by atoms with Gasteiger partial charge < -0.3 is 9.88 Å². The van der Waals surface area contributed by atoms with Gasteiger partial charge in [-0.25, -0.2) is 23.7 Å². The van der Waals surface area contributed by atoms with Gasteiger partial charge in [-0.3, -0.25) is 4.79 Å². The van der Waals surface area contributed by atoms with E-state index in [0.717, 1.165) is 36.2 Å². The highest BCUT2D eigenvalue weighted by Crippen LogP contribution is 2.38. The van der Waals surface area contributed by atoms with Crippen LogP contribution < -0.4 is 4.90 Å². The van der Waals surface area contributed by atoms with Crippen LogP contribution in [-0.2, 0) is 0 Å². The minimum absolute atomic E-state index is 0.171. The van der Waals surface area contributed by atoms with Gasteiger partial charge in [-0.1, -0.05) is 6.92 Å². The number of anilines is 1. The van der Waals surface area contributed by atoms with Gasteiger partial charge in [0.15, 0.2) is 5.82 Å². The monoisotopic (exact) mass is 459 g/mol. The van der Waals surface area contributed by atoms with Crippen molar-refractivity contribution in [3.63, 3.8) is 0 Å². The molecule has 1 N–H and O–H groups in total. The van der Waals surface area contributed by atoms with E-state index < -0.39 is 23.0 Å². The minimum Gasteiger partial charge on any atom is -0.369 e. The van der Waals surface area contributed by atoms with Crippen LogP contribution in [0.5, 0.6) is 0 Å². The number of hydrogen-bond acceptors (Lipinski definition) is 5. The Balaban J connectivity index is 1.38. The Kier molecular flexibility index (Phi) is 4.90. The van der Waals surface area contributed by atoms with E-state index in [-0.39, 0.29) is 11.3 Å². The zero-order chi connectivity index (χ0) is 23.4. The molecule has 8 heteroatoms. The Labute approximate surface area is 195 Å². The zero-order valence-electron chi connectivity index (χ0n) is 18.7. The number of aromatic nitrogens is 4. The van der Waals surface area contributed by atoms with Crippen molar-refractivity contribution in [3.8, 4) is 11.1 Å². The molecular weight excluding hydrogens is 436 g/mol. The number of rotatable bonds is 5. The molecule has 0 radical (unpaired) electrons. The molecule has 4 heterocycles. The second-order valence-electron chi connectivity index (χ2n) is 9.35. The van der Waals surface area contributed by atoms with E-state index in [1.54, 1.807) is 24.7 Å². The highest BCUT2D eigenvalue weighted by molar-refractivity contribution is 6.16. The highest BCUT2D eigenvalue weighted by atomic mass is 19.1. The van der Waals surface area contributed by atoms with Gasteiger partial charge in [0, 0.05) is 65.9 Å². The summed E-state index contributed by atoms with van der Waals surface area (Å²) in [5.74, 6) is -0.692. The van der Waals surface area contributed by atoms with Crippen LogP contribution in [0.25, 0.3) is 22.2 Å². The third kappa shape index (κ3) is 3.54. The van der Waals surface area contributed by atoms with Gasteiger partial charge in [0.2, 0.25) is 5.78 Å².